The number of nitrogens with one attached hydrogen (secondary N) is 1. The van der Waals surface area contributed by atoms with Gasteiger partial charge in [0.1, 0.15) is 4.90 Å². The van der Waals surface area contributed by atoms with E-state index in [4.69, 9.17) is 23.2 Å². The van der Waals surface area contributed by atoms with Crippen molar-refractivity contribution in [3.63, 3.8) is 0 Å². The number of rotatable bonds is 6. The van der Waals surface area contributed by atoms with Crippen molar-refractivity contribution in [1.29, 1.82) is 0 Å². The van der Waals surface area contributed by atoms with Crippen molar-refractivity contribution < 1.29 is 13.2 Å². The lowest BCUT2D eigenvalue weighted by Gasteiger charge is -2.17. The van der Waals surface area contributed by atoms with Gasteiger partial charge < -0.3 is 5.32 Å². The van der Waals surface area contributed by atoms with Gasteiger partial charge in [0.2, 0.25) is 10.0 Å². The lowest BCUT2D eigenvalue weighted by Crippen LogP contribution is -2.28. The van der Waals surface area contributed by atoms with E-state index in [9.17, 15) is 13.2 Å². The van der Waals surface area contributed by atoms with Crippen LogP contribution in [0.15, 0.2) is 53.7 Å². The Balaban J connectivity index is 1.55. The fourth-order valence-electron chi connectivity index (χ4n) is 3.64. The number of anilines is 1. The number of carbonyl (C=O) groups excluding carboxylic acids is 1. The average molecular weight is 493 g/mol. The van der Waals surface area contributed by atoms with Crippen LogP contribution in [-0.4, -0.2) is 41.5 Å². The molecule has 2 aromatic carbocycles. The summed E-state index contributed by atoms with van der Waals surface area (Å²) in [5.74, 6) is -0.542. The van der Waals surface area contributed by atoms with Gasteiger partial charge in [0.15, 0.2) is 0 Å². The van der Waals surface area contributed by atoms with Crippen molar-refractivity contribution in [2.75, 3.05) is 18.4 Å². The monoisotopic (exact) mass is 492 g/mol. The number of benzene rings is 2. The summed E-state index contributed by atoms with van der Waals surface area (Å²) in [4.78, 5) is 12.8. The molecule has 1 fully saturated rings. The first-order valence-corrected chi connectivity index (χ1v) is 12.3. The van der Waals surface area contributed by atoms with Crippen molar-refractivity contribution in [2.24, 2.45) is 0 Å². The molecule has 0 atom stereocenters. The van der Waals surface area contributed by atoms with E-state index in [0.29, 0.717) is 25.3 Å². The minimum atomic E-state index is -3.80. The van der Waals surface area contributed by atoms with Gasteiger partial charge in [-0.2, -0.15) is 9.40 Å². The van der Waals surface area contributed by atoms with Crippen molar-refractivity contribution >= 4 is 44.8 Å². The van der Waals surface area contributed by atoms with E-state index >= 15 is 0 Å². The Kier molecular flexibility index (Phi) is 6.57. The molecule has 32 heavy (non-hydrogen) atoms. The van der Waals surface area contributed by atoms with Gasteiger partial charge in [0.25, 0.3) is 5.91 Å². The SMILES string of the molecule is Cc1ccccc1Cn1cc(NC(=O)c2cc(S(=O)(=O)N3CCCC3)c(Cl)cc2Cl)cn1. The second kappa shape index (κ2) is 9.23. The summed E-state index contributed by atoms with van der Waals surface area (Å²) in [6.07, 6.45) is 4.83. The third-order valence-electron chi connectivity index (χ3n) is 5.43. The molecule has 3 aromatic rings. The van der Waals surface area contributed by atoms with E-state index in [2.05, 4.69) is 10.4 Å². The van der Waals surface area contributed by atoms with Crippen LogP contribution in [0.3, 0.4) is 0 Å². The average Bonchev–Trinajstić information content (AvgIpc) is 3.42. The van der Waals surface area contributed by atoms with Gasteiger partial charge in [0.05, 0.1) is 34.0 Å². The second-order valence-corrected chi connectivity index (χ2v) is 10.4. The molecule has 1 aliphatic heterocycles. The number of carbonyl (C=O) groups is 1. The molecule has 168 valence electrons. The van der Waals surface area contributed by atoms with Gasteiger partial charge >= 0.3 is 0 Å². The van der Waals surface area contributed by atoms with E-state index in [1.807, 2.05) is 31.2 Å². The molecule has 0 spiro atoms. The summed E-state index contributed by atoms with van der Waals surface area (Å²) >= 11 is 12.4. The van der Waals surface area contributed by atoms with E-state index < -0.39 is 15.9 Å². The molecule has 7 nitrogen and oxygen atoms in total. The molecule has 0 aliphatic carbocycles. The maximum absolute atomic E-state index is 13.0. The number of amides is 1. The minimum Gasteiger partial charge on any atom is -0.319 e. The maximum atomic E-state index is 13.0. The highest BCUT2D eigenvalue weighted by molar-refractivity contribution is 7.89. The van der Waals surface area contributed by atoms with E-state index in [-0.39, 0.29) is 20.5 Å². The lowest BCUT2D eigenvalue weighted by molar-refractivity contribution is 0.102. The van der Waals surface area contributed by atoms with E-state index in [1.54, 1.807) is 10.9 Å². The highest BCUT2D eigenvalue weighted by Crippen LogP contribution is 2.32. The molecule has 10 heteroatoms. The Morgan fingerprint density at radius 1 is 1.12 bits per heavy atom. The maximum Gasteiger partial charge on any atom is 0.257 e. The molecule has 0 unspecified atom stereocenters. The van der Waals surface area contributed by atoms with Crippen molar-refractivity contribution in [2.45, 2.75) is 31.2 Å². The van der Waals surface area contributed by atoms with E-state index in [1.165, 1.54) is 22.6 Å². The highest BCUT2D eigenvalue weighted by atomic mass is 35.5. The zero-order valence-corrected chi connectivity index (χ0v) is 19.7. The quantitative estimate of drug-likeness (QED) is 0.545. The van der Waals surface area contributed by atoms with Crippen molar-refractivity contribution in [3.05, 3.63) is 75.5 Å². The molecule has 2 heterocycles. The Morgan fingerprint density at radius 3 is 2.56 bits per heavy atom. The number of hydrogen-bond acceptors (Lipinski definition) is 4. The summed E-state index contributed by atoms with van der Waals surface area (Å²) in [6.45, 7) is 3.45. The number of aromatic nitrogens is 2. The molecular weight excluding hydrogens is 471 g/mol. The van der Waals surface area contributed by atoms with Crippen LogP contribution in [-0.2, 0) is 16.6 Å². The predicted octanol–water partition coefficient (Wildman–Crippen LogP) is 4.58. The molecule has 0 radical (unpaired) electrons. The predicted molar refractivity (Wildman–Crippen MR) is 125 cm³/mol. The molecule has 4 rings (SSSR count). The first kappa shape index (κ1) is 22.8. The summed E-state index contributed by atoms with van der Waals surface area (Å²) in [5.41, 5.74) is 2.76. The number of halogens is 2. The van der Waals surface area contributed by atoms with Gasteiger partial charge in [-0.05, 0) is 43.0 Å². The molecule has 1 aliphatic rings. The molecule has 0 saturated carbocycles. The first-order chi connectivity index (χ1) is 15.3. The second-order valence-electron chi connectivity index (χ2n) is 7.68. The van der Waals surface area contributed by atoms with Crippen LogP contribution in [0.1, 0.15) is 34.3 Å². The summed E-state index contributed by atoms with van der Waals surface area (Å²) in [7, 11) is -3.80. The van der Waals surface area contributed by atoms with E-state index in [0.717, 1.165) is 24.0 Å². The minimum absolute atomic E-state index is 0.00972. The van der Waals surface area contributed by atoms with Crippen LogP contribution in [0.2, 0.25) is 10.0 Å². The first-order valence-electron chi connectivity index (χ1n) is 10.1. The molecule has 1 aromatic heterocycles. The number of hydrogen-bond donors (Lipinski definition) is 1. The van der Waals surface area contributed by atoms with Crippen molar-refractivity contribution in [3.8, 4) is 0 Å². The fraction of sp³-hybridized carbons (Fsp3) is 0.273. The summed E-state index contributed by atoms with van der Waals surface area (Å²) < 4.78 is 29.0. The van der Waals surface area contributed by atoms with Crippen LogP contribution >= 0.6 is 23.2 Å². The number of aryl methyl sites for hydroxylation is 1. The Hall–Kier alpha value is -2.39. The van der Waals surface area contributed by atoms with Crippen LogP contribution in [0.5, 0.6) is 0 Å². The largest absolute Gasteiger partial charge is 0.319 e. The number of nitrogens with zero attached hydrogens (tertiary/aromatic N) is 3. The van der Waals surface area contributed by atoms with Crippen molar-refractivity contribution in [1.82, 2.24) is 14.1 Å². The molecule has 1 amide bonds. The zero-order chi connectivity index (χ0) is 22.9. The Morgan fingerprint density at radius 2 is 1.84 bits per heavy atom. The highest BCUT2D eigenvalue weighted by Gasteiger charge is 2.30. The summed E-state index contributed by atoms with van der Waals surface area (Å²) in [5, 5.41) is 7.08. The molecule has 1 saturated heterocycles. The third kappa shape index (κ3) is 4.68. The zero-order valence-electron chi connectivity index (χ0n) is 17.4. The van der Waals surface area contributed by atoms with Crippen LogP contribution in [0, 0.1) is 6.92 Å². The fourth-order valence-corrected chi connectivity index (χ4v) is 5.99. The van der Waals surface area contributed by atoms with Crippen LogP contribution in [0.25, 0.3) is 0 Å². The smallest absolute Gasteiger partial charge is 0.257 e. The van der Waals surface area contributed by atoms with Gasteiger partial charge in [0, 0.05) is 19.3 Å². The lowest BCUT2D eigenvalue weighted by atomic mass is 10.1. The Bertz CT molecular complexity index is 1270. The standard InChI is InChI=1S/C22H22Cl2N4O3S/c1-15-6-2-3-7-16(15)13-27-14-17(12-25-27)26-22(29)18-10-21(20(24)11-19(18)23)32(30,31)28-8-4-5-9-28/h2-3,6-7,10-12,14H,4-5,8-9,13H2,1H3,(H,26,29). The van der Waals surface area contributed by atoms with Gasteiger partial charge in [-0.15, -0.1) is 0 Å². The summed E-state index contributed by atoms with van der Waals surface area (Å²) in [6, 6.07) is 10.5. The molecule has 1 N–H and O–H groups in total. The Labute approximate surface area is 197 Å². The number of sulfonamides is 1. The molecular formula is C22H22Cl2N4O3S. The van der Waals surface area contributed by atoms with Gasteiger partial charge in [-0.25, -0.2) is 8.42 Å². The topological polar surface area (TPSA) is 84.3 Å². The normalized spacial score (nSPS) is 14.6. The molecule has 0 bridgehead atoms. The third-order valence-corrected chi connectivity index (χ3v) is 8.11. The van der Waals surface area contributed by atoms with Gasteiger partial charge in [-0.1, -0.05) is 47.5 Å². The van der Waals surface area contributed by atoms with Gasteiger partial charge in [-0.3, -0.25) is 9.48 Å². The van der Waals surface area contributed by atoms with Crippen LogP contribution < -0.4 is 5.32 Å². The van der Waals surface area contributed by atoms with Crippen LogP contribution in [0.4, 0.5) is 5.69 Å².